The highest BCUT2D eigenvalue weighted by molar-refractivity contribution is 5.58. The fraction of sp³-hybridized carbons (Fsp3) is 0.267. The van der Waals surface area contributed by atoms with Crippen LogP contribution >= 0.6 is 0 Å². The Bertz CT molecular complexity index is 713. The maximum absolute atomic E-state index is 5.17. The summed E-state index contributed by atoms with van der Waals surface area (Å²) in [4.78, 5) is 4.24. The van der Waals surface area contributed by atoms with Crippen molar-refractivity contribution < 1.29 is 4.42 Å². The Balaban J connectivity index is 1.44. The van der Waals surface area contributed by atoms with E-state index in [0.717, 1.165) is 17.8 Å². The monoisotopic (exact) mass is 281 g/mol. The van der Waals surface area contributed by atoms with Gasteiger partial charge in [0.15, 0.2) is 0 Å². The third kappa shape index (κ3) is 2.52. The van der Waals surface area contributed by atoms with E-state index >= 15 is 0 Å². The zero-order chi connectivity index (χ0) is 14.1. The minimum absolute atomic E-state index is 0.536. The van der Waals surface area contributed by atoms with Crippen LogP contribution in [0.2, 0.25) is 0 Å². The summed E-state index contributed by atoms with van der Waals surface area (Å²) in [5.41, 5.74) is 3.20. The van der Waals surface area contributed by atoms with E-state index in [9.17, 15) is 0 Å². The molecule has 0 unspecified atom stereocenters. The molecule has 1 N–H and O–H groups in total. The lowest BCUT2D eigenvalue weighted by molar-refractivity contribution is 0.568. The highest BCUT2D eigenvalue weighted by atomic mass is 16.4. The molecule has 6 heteroatoms. The molecule has 1 fully saturated rings. The normalized spacial score (nSPS) is 14.3. The van der Waals surface area contributed by atoms with Gasteiger partial charge < -0.3 is 14.3 Å². The Morgan fingerprint density at radius 3 is 2.81 bits per heavy atom. The van der Waals surface area contributed by atoms with Crippen LogP contribution in [0.5, 0.6) is 0 Å². The largest absolute Gasteiger partial charge is 0.423 e. The number of hydrogen-bond donors (Lipinski definition) is 1. The van der Waals surface area contributed by atoms with Gasteiger partial charge in [0.1, 0.15) is 0 Å². The zero-order valence-electron chi connectivity index (χ0n) is 11.4. The zero-order valence-corrected chi connectivity index (χ0v) is 11.4. The Morgan fingerprint density at radius 2 is 2.10 bits per heavy atom. The summed E-state index contributed by atoms with van der Waals surface area (Å²) >= 11 is 0. The van der Waals surface area contributed by atoms with E-state index in [1.807, 2.05) is 36.8 Å². The fourth-order valence-electron chi connectivity index (χ4n) is 2.37. The number of imidazole rings is 1. The molecule has 0 aliphatic heterocycles. The first-order chi connectivity index (χ1) is 10.4. The van der Waals surface area contributed by atoms with E-state index in [0.29, 0.717) is 11.9 Å². The van der Waals surface area contributed by atoms with Gasteiger partial charge in [-0.15, -0.1) is 10.2 Å². The molecule has 2 aromatic heterocycles. The Morgan fingerprint density at radius 1 is 1.24 bits per heavy atom. The maximum atomic E-state index is 5.17. The van der Waals surface area contributed by atoms with Crippen LogP contribution in [0.1, 0.15) is 24.6 Å². The van der Waals surface area contributed by atoms with Crippen molar-refractivity contribution in [2.75, 3.05) is 5.32 Å². The average Bonchev–Trinajstić information content (AvgIpc) is 3.04. The molecule has 1 aromatic carbocycles. The molecule has 3 aromatic rings. The van der Waals surface area contributed by atoms with Gasteiger partial charge in [0, 0.05) is 23.5 Å². The third-order valence-corrected chi connectivity index (χ3v) is 3.65. The van der Waals surface area contributed by atoms with Crippen molar-refractivity contribution >= 4 is 5.69 Å². The van der Waals surface area contributed by atoms with Crippen LogP contribution in [0.25, 0.3) is 11.5 Å². The van der Waals surface area contributed by atoms with Gasteiger partial charge in [0.25, 0.3) is 0 Å². The Hall–Kier alpha value is -2.63. The smallest absolute Gasteiger partial charge is 0.247 e. The van der Waals surface area contributed by atoms with E-state index < -0.39 is 0 Å². The second kappa shape index (κ2) is 5.05. The standard InChI is InChI=1S/C15H15N5O/c1-3-12(4-2-11(1)15-19-18-10-21-15)17-8-14-7-16-9-20(14)13-5-6-13/h1-4,7,9-10,13,17H,5-6,8H2. The van der Waals surface area contributed by atoms with Crippen molar-refractivity contribution in [3.8, 4) is 11.5 Å². The molecule has 21 heavy (non-hydrogen) atoms. The SMILES string of the molecule is c1nnc(-c2ccc(NCc3cncn3C3CC3)cc2)o1. The first-order valence-corrected chi connectivity index (χ1v) is 7.01. The molecule has 0 bridgehead atoms. The molecular formula is C15H15N5O. The number of hydrogen-bond acceptors (Lipinski definition) is 5. The topological polar surface area (TPSA) is 68.8 Å². The Labute approximate surface area is 121 Å². The van der Waals surface area contributed by atoms with Crippen molar-refractivity contribution in [3.63, 3.8) is 0 Å². The number of anilines is 1. The van der Waals surface area contributed by atoms with E-state index in [2.05, 4.69) is 25.1 Å². The second-order valence-electron chi connectivity index (χ2n) is 5.20. The van der Waals surface area contributed by atoms with Gasteiger partial charge in [0.05, 0.1) is 18.6 Å². The number of nitrogens with zero attached hydrogens (tertiary/aromatic N) is 4. The molecule has 0 amide bonds. The molecule has 0 saturated heterocycles. The molecule has 0 atom stereocenters. The molecule has 0 radical (unpaired) electrons. The highest BCUT2D eigenvalue weighted by Gasteiger charge is 2.24. The molecular weight excluding hydrogens is 266 g/mol. The molecule has 2 heterocycles. The highest BCUT2D eigenvalue weighted by Crippen LogP contribution is 2.35. The minimum Gasteiger partial charge on any atom is -0.423 e. The van der Waals surface area contributed by atoms with Gasteiger partial charge in [0.2, 0.25) is 12.3 Å². The molecule has 1 aliphatic carbocycles. The third-order valence-electron chi connectivity index (χ3n) is 3.65. The van der Waals surface area contributed by atoms with Gasteiger partial charge in [-0.05, 0) is 37.1 Å². The van der Waals surface area contributed by atoms with Crippen molar-refractivity contribution in [2.24, 2.45) is 0 Å². The van der Waals surface area contributed by atoms with Crippen LogP contribution in [0.3, 0.4) is 0 Å². The summed E-state index contributed by atoms with van der Waals surface area (Å²) in [5, 5.41) is 11.0. The number of benzene rings is 1. The quantitative estimate of drug-likeness (QED) is 0.778. The summed E-state index contributed by atoms with van der Waals surface area (Å²) in [5.74, 6) is 0.536. The predicted octanol–water partition coefficient (Wildman–Crippen LogP) is 2.88. The van der Waals surface area contributed by atoms with Crippen molar-refractivity contribution in [1.29, 1.82) is 0 Å². The van der Waals surface area contributed by atoms with Crippen molar-refractivity contribution in [3.05, 3.63) is 48.9 Å². The van der Waals surface area contributed by atoms with Gasteiger partial charge in [-0.2, -0.15) is 0 Å². The summed E-state index contributed by atoms with van der Waals surface area (Å²) in [6.45, 7) is 0.774. The lowest BCUT2D eigenvalue weighted by atomic mass is 10.2. The van der Waals surface area contributed by atoms with Crippen LogP contribution in [-0.4, -0.2) is 19.7 Å². The Kier molecular flexibility index (Phi) is 2.92. The summed E-state index contributed by atoms with van der Waals surface area (Å²) in [6, 6.07) is 8.61. The van der Waals surface area contributed by atoms with Crippen LogP contribution in [0, 0.1) is 0 Å². The molecule has 6 nitrogen and oxygen atoms in total. The first-order valence-electron chi connectivity index (χ1n) is 7.01. The van der Waals surface area contributed by atoms with E-state index in [4.69, 9.17) is 4.42 Å². The molecule has 0 spiro atoms. The van der Waals surface area contributed by atoms with Crippen LogP contribution in [0.4, 0.5) is 5.69 Å². The lowest BCUT2D eigenvalue weighted by Gasteiger charge is -2.09. The molecule has 106 valence electrons. The fourth-order valence-corrected chi connectivity index (χ4v) is 2.37. The van der Waals surface area contributed by atoms with E-state index in [1.165, 1.54) is 24.9 Å². The van der Waals surface area contributed by atoms with Crippen molar-refractivity contribution in [2.45, 2.75) is 25.4 Å². The maximum Gasteiger partial charge on any atom is 0.247 e. The second-order valence-corrected chi connectivity index (χ2v) is 5.20. The molecule has 1 saturated carbocycles. The number of rotatable bonds is 5. The summed E-state index contributed by atoms with van der Waals surface area (Å²) in [7, 11) is 0. The lowest BCUT2D eigenvalue weighted by Crippen LogP contribution is -2.05. The van der Waals surface area contributed by atoms with Crippen LogP contribution in [0.15, 0.2) is 47.6 Å². The van der Waals surface area contributed by atoms with Crippen LogP contribution in [-0.2, 0) is 6.54 Å². The average molecular weight is 281 g/mol. The van der Waals surface area contributed by atoms with Gasteiger partial charge in [-0.25, -0.2) is 4.98 Å². The van der Waals surface area contributed by atoms with Gasteiger partial charge >= 0.3 is 0 Å². The first kappa shape index (κ1) is 12.1. The number of nitrogens with one attached hydrogen (secondary N) is 1. The predicted molar refractivity (Wildman–Crippen MR) is 77.6 cm³/mol. The van der Waals surface area contributed by atoms with E-state index in [-0.39, 0.29) is 0 Å². The van der Waals surface area contributed by atoms with Crippen molar-refractivity contribution in [1.82, 2.24) is 19.7 Å². The van der Waals surface area contributed by atoms with E-state index in [1.54, 1.807) is 0 Å². The molecule has 4 rings (SSSR count). The molecule has 1 aliphatic rings. The minimum atomic E-state index is 0.536. The number of aromatic nitrogens is 4. The summed E-state index contributed by atoms with van der Waals surface area (Å²) in [6.07, 6.45) is 7.72. The van der Waals surface area contributed by atoms with Crippen LogP contribution < -0.4 is 5.32 Å². The van der Waals surface area contributed by atoms with Gasteiger partial charge in [-0.3, -0.25) is 0 Å². The summed E-state index contributed by atoms with van der Waals surface area (Å²) < 4.78 is 7.44. The van der Waals surface area contributed by atoms with Gasteiger partial charge in [-0.1, -0.05) is 0 Å².